The average Bonchev–Trinajstić information content (AvgIpc) is 1.59. The Hall–Kier alpha value is -0.340. The fraction of sp³-hybridized carbons (Fsp3) is 0. The number of hydrogen-bond acceptors (Lipinski definition) is 6. The smallest absolute Gasteiger partial charge is 0.274 e. The van der Waals surface area contributed by atoms with Crippen molar-refractivity contribution in [3.63, 3.8) is 0 Å². The number of rotatable bonds is 0. The van der Waals surface area contributed by atoms with Crippen molar-refractivity contribution in [2.45, 2.75) is 0 Å². The van der Waals surface area contributed by atoms with Crippen LogP contribution in [0.2, 0.25) is 0 Å². The van der Waals surface area contributed by atoms with Crippen LogP contribution in [-0.2, 0) is 20.8 Å². The molecule has 0 saturated carbocycles. The lowest BCUT2D eigenvalue weighted by Gasteiger charge is -1.68. The van der Waals surface area contributed by atoms with Crippen molar-refractivity contribution in [3.8, 4) is 0 Å². The zero-order chi connectivity index (χ0) is 11.0. The lowest BCUT2D eigenvalue weighted by Crippen LogP contribution is -2.02. The van der Waals surface area contributed by atoms with E-state index in [1.54, 1.807) is 0 Å². The minimum absolute atomic E-state index is 4.00. The van der Waals surface area contributed by atoms with E-state index in [4.69, 9.17) is 35.0 Å². The van der Waals surface area contributed by atoms with Gasteiger partial charge in [-0.15, -0.1) is 0 Å². The fourth-order valence-electron chi connectivity index (χ4n) is 0. The number of hydrogen-bond donors (Lipinski definition) is 6. The summed E-state index contributed by atoms with van der Waals surface area (Å²) in [5, 5.41) is 0. The van der Waals surface area contributed by atoms with Crippen LogP contribution in [0.15, 0.2) is 0 Å². The second-order valence-electron chi connectivity index (χ2n) is 0.896. The van der Waals surface area contributed by atoms with Crippen molar-refractivity contribution in [3.05, 3.63) is 0 Å². The van der Waals surface area contributed by atoms with Crippen LogP contribution < -0.4 is 11.7 Å². The molecule has 0 amide bonds. The molecule has 0 fully saturated rings. The SMILES string of the molecule is NN.O=S(=O)(O)O.O=S(=O)(O)O. The largest absolute Gasteiger partial charge is 0.394 e. The van der Waals surface area contributed by atoms with Crippen molar-refractivity contribution in [2.24, 2.45) is 11.7 Å². The fourth-order valence-corrected chi connectivity index (χ4v) is 0. The first-order valence-corrected chi connectivity index (χ1v) is 4.52. The molecular weight excluding hydrogens is 220 g/mol. The van der Waals surface area contributed by atoms with Crippen molar-refractivity contribution < 1.29 is 35.0 Å². The van der Waals surface area contributed by atoms with E-state index in [0.29, 0.717) is 0 Å². The van der Waals surface area contributed by atoms with Crippen LogP contribution in [0.25, 0.3) is 0 Å². The first-order valence-electron chi connectivity index (χ1n) is 1.73. The lowest BCUT2D eigenvalue weighted by molar-refractivity contribution is 0.378. The molecular formula is H8N2O8S2. The molecule has 0 aromatic rings. The molecule has 0 aromatic heterocycles. The summed E-state index contributed by atoms with van der Waals surface area (Å²) in [5.41, 5.74) is 0. The van der Waals surface area contributed by atoms with Crippen LogP contribution in [0.3, 0.4) is 0 Å². The van der Waals surface area contributed by atoms with Gasteiger partial charge in [0.15, 0.2) is 0 Å². The third kappa shape index (κ3) is 6270. The molecule has 0 aliphatic rings. The van der Waals surface area contributed by atoms with Gasteiger partial charge < -0.3 is 0 Å². The maximum absolute atomic E-state index is 8.74. The van der Waals surface area contributed by atoms with Gasteiger partial charge in [0, 0.05) is 0 Å². The number of nitrogens with two attached hydrogens (primary N) is 2. The van der Waals surface area contributed by atoms with E-state index >= 15 is 0 Å². The Bertz CT molecular complexity index is 211. The van der Waals surface area contributed by atoms with Gasteiger partial charge in [-0.25, -0.2) is 0 Å². The Morgan fingerprint density at radius 1 is 0.667 bits per heavy atom. The third-order valence-electron chi connectivity index (χ3n) is 0. The summed E-state index contributed by atoms with van der Waals surface area (Å²) in [6, 6.07) is 0. The third-order valence-corrected chi connectivity index (χ3v) is 0. The summed E-state index contributed by atoms with van der Waals surface area (Å²) in [5.74, 6) is 8.00. The topological polar surface area (TPSA) is 201 Å². The zero-order valence-electron chi connectivity index (χ0n) is 5.39. The van der Waals surface area contributed by atoms with Gasteiger partial charge in [0.05, 0.1) is 0 Å². The van der Waals surface area contributed by atoms with E-state index in [9.17, 15) is 0 Å². The molecule has 0 aliphatic heterocycles. The van der Waals surface area contributed by atoms with Crippen LogP contribution in [0.4, 0.5) is 0 Å². The molecule has 0 heterocycles. The molecule has 10 nitrogen and oxygen atoms in total. The van der Waals surface area contributed by atoms with Gasteiger partial charge in [0.2, 0.25) is 0 Å². The Morgan fingerprint density at radius 2 is 0.667 bits per heavy atom. The van der Waals surface area contributed by atoms with Crippen molar-refractivity contribution in [2.75, 3.05) is 0 Å². The molecule has 0 unspecified atom stereocenters. The first-order chi connectivity index (χ1) is 5.00. The molecule has 0 bridgehead atoms. The second-order valence-corrected chi connectivity index (χ2v) is 2.69. The van der Waals surface area contributed by atoms with Gasteiger partial charge in [0.25, 0.3) is 0 Å². The average molecular weight is 228 g/mol. The van der Waals surface area contributed by atoms with E-state index in [1.807, 2.05) is 0 Å². The van der Waals surface area contributed by atoms with Crippen LogP contribution in [0, 0.1) is 0 Å². The second kappa shape index (κ2) is 7.32. The quantitative estimate of drug-likeness (QED) is 0.146. The van der Waals surface area contributed by atoms with Crippen molar-refractivity contribution in [1.82, 2.24) is 0 Å². The highest BCUT2D eigenvalue weighted by atomic mass is 32.3. The predicted octanol–water partition coefficient (Wildman–Crippen LogP) is -2.49. The zero-order valence-corrected chi connectivity index (χ0v) is 7.03. The predicted molar refractivity (Wildman–Crippen MR) is 36.7 cm³/mol. The minimum atomic E-state index is -4.67. The Balaban J connectivity index is -0.000000112. The summed E-state index contributed by atoms with van der Waals surface area (Å²) in [7, 11) is -9.33. The van der Waals surface area contributed by atoms with Crippen molar-refractivity contribution in [1.29, 1.82) is 0 Å². The summed E-state index contributed by atoms with van der Waals surface area (Å²) in [6.07, 6.45) is 0. The van der Waals surface area contributed by atoms with Gasteiger partial charge in [-0.2, -0.15) is 16.8 Å². The summed E-state index contributed by atoms with van der Waals surface area (Å²) in [4.78, 5) is 0. The Kier molecular flexibility index (Phi) is 10.8. The molecule has 0 aromatic carbocycles. The molecule has 0 radical (unpaired) electrons. The highest BCUT2D eigenvalue weighted by Crippen LogP contribution is 1.59. The van der Waals surface area contributed by atoms with E-state index in [0.717, 1.165) is 0 Å². The van der Waals surface area contributed by atoms with Gasteiger partial charge in [-0.3, -0.25) is 29.9 Å². The molecule has 0 saturated heterocycles. The molecule has 78 valence electrons. The lowest BCUT2D eigenvalue weighted by atomic mass is 13.0. The highest BCUT2D eigenvalue weighted by molar-refractivity contribution is 7.80. The Labute approximate surface area is 68.3 Å². The maximum Gasteiger partial charge on any atom is 0.394 e. The van der Waals surface area contributed by atoms with Crippen LogP contribution >= 0.6 is 0 Å². The highest BCUT2D eigenvalue weighted by Gasteiger charge is 1.85. The van der Waals surface area contributed by atoms with Crippen LogP contribution in [0.1, 0.15) is 0 Å². The van der Waals surface area contributed by atoms with E-state index < -0.39 is 20.8 Å². The standard InChI is InChI=1S/H4N2.2H2O4S/c1-2;2*1-5(2,3)4/h1-2H2;2*(H2,1,2,3,4). The first kappa shape index (κ1) is 17.7. The van der Waals surface area contributed by atoms with Crippen molar-refractivity contribution >= 4 is 20.8 Å². The van der Waals surface area contributed by atoms with Gasteiger partial charge in [-0.05, 0) is 0 Å². The Morgan fingerprint density at radius 3 is 0.667 bits per heavy atom. The molecule has 0 aliphatic carbocycles. The van der Waals surface area contributed by atoms with Crippen LogP contribution in [-0.4, -0.2) is 35.0 Å². The molecule has 12 heteroatoms. The van der Waals surface area contributed by atoms with E-state index in [2.05, 4.69) is 11.7 Å². The molecule has 8 N–H and O–H groups in total. The molecule has 12 heavy (non-hydrogen) atoms. The van der Waals surface area contributed by atoms with E-state index in [-0.39, 0.29) is 0 Å². The van der Waals surface area contributed by atoms with Crippen LogP contribution in [0.5, 0.6) is 0 Å². The molecule has 0 rings (SSSR count). The van der Waals surface area contributed by atoms with Gasteiger partial charge in [-0.1, -0.05) is 0 Å². The number of hydrazine groups is 1. The van der Waals surface area contributed by atoms with Gasteiger partial charge >= 0.3 is 20.8 Å². The van der Waals surface area contributed by atoms with E-state index in [1.165, 1.54) is 0 Å². The summed E-state index contributed by atoms with van der Waals surface area (Å²) < 4.78 is 63.2. The molecule has 0 spiro atoms. The van der Waals surface area contributed by atoms with Gasteiger partial charge in [0.1, 0.15) is 0 Å². The molecule has 0 atom stereocenters. The summed E-state index contributed by atoms with van der Waals surface area (Å²) >= 11 is 0. The normalized spacial score (nSPS) is 10.2. The minimum Gasteiger partial charge on any atom is -0.274 e. The monoisotopic (exact) mass is 228 g/mol. The summed E-state index contributed by atoms with van der Waals surface area (Å²) in [6.45, 7) is 0. The maximum atomic E-state index is 8.74.